The van der Waals surface area contributed by atoms with Crippen molar-refractivity contribution in [2.24, 2.45) is 0 Å². The van der Waals surface area contributed by atoms with Crippen molar-refractivity contribution >= 4 is 44.8 Å². The second-order valence-electron chi connectivity index (χ2n) is 6.34. The molecule has 150 valence electrons. The topological polar surface area (TPSA) is 55.6 Å². The van der Waals surface area contributed by atoms with E-state index in [-0.39, 0.29) is 10.7 Å². The summed E-state index contributed by atoms with van der Waals surface area (Å²) < 4.78 is 40.9. The monoisotopic (exact) mass is 437 g/mol. The summed E-state index contributed by atoms with van der Waals surface area (Å²) in [6, 6.07) is 8.93. The lowest BCUT2D eigenvalue weighted by Gasteiger charge is -2.10. The predicted octanol–water partition coefficient (Wildman–Crippen LogP) is 6.30. The number of nitrogens with one attached hydrogen (secondary N) is 1. The number of hydrogen-bond acceptors (Lipinski definition) is 5. The number of aryl methyl sites for hydroxylation is 2. The Labute approximate surface area is 173 Å². The highest BCUT2D eigenvalue weighted by atomic mass is 35.5. The van der Waals surface area contributed by atoms with Crippen molar-refractivity contribution in [3.8, 4) is 10.6 Å². The number of nitrogens with zero attached hydrogens (tertiary/aromatic N) is 4. The van der Waals surface area contributed by atoms with Crippen LogP contribution in [0.2, 0.25) is 5.02 Å². The molecule has 0 saturated heterocycles. The number of benzene rings is 2. The van der Waals surface area contributed by atoms with E-state index in [1.165, 1.54) is 17.4 Å². The van der Waals surface area contributed by atoms with Crippen LogP contribution in [-0.2, 0) is 12.7 Å². The van der Waals surface area contributed by atoms with Gasteiger partial charge in [0.1, 0.15) is 10.8 Å². The molecule has 0 spiro atoms. The van der Waals surface area contributed by atoms with Crippen molar-refractivity contribution in [3.05, 3.63) is 52.8 Å². The van der Waals surface area contributed by atoms with E-state index in [0.29, 0.717) is 10.1 Å². The van der Waals surface area contributed by atoms with Gasteiger partial charge in [-0.1, -0.05) is 22.9 Å². The Hall–Kier alpha value is -2.65. The highest BCUT2D eigenvalue weighted by Crippen LogP contribution is 2.36. The number of aromatic nitrogens is 4. The predicted molar refractivity (Wildman–Crippen MR) is 109 cm³/mol. The number of anilines is 2. The zero-order chi connectivity index (χ0) is 20.8. The SMILES string of the molecule is CCn1c(C)nc2cc(-c3nnc(Nc4cc(C(F)(F)F)ccc4Cl)s3)ccc21. The first-order chi connectivity index (χ1) is 13.8. The minimum Gasteiger partial charge on any atom is -0.329 e. The molecule has 1 N–H and O–H groups in total. The van der Waals surface area contributed by atoms with E-state index in [4.69, 9.17) is 11.6 Å². The molecule has 0 aliphatic heterocycles. The zero-order valence-corrected chi connectivity index (χ0v) is 17.0. The lowest BCUT2D eigenvalue weighted by molar-refractivity contribution is -0.137. The van der Waals surface area contributed by atoms with Gasteiger partial charge in [0.05, 0.1) is 27.3 Å². The van der Waals surface area contributed by atoms with Gasteiger partial charge < -0.3 is 9.88 Å². The third-order valence-electron chi connectivity index (χ3n) is 4.46. The Kier molecular flexibility index (Phi) is 4.95. The van der Waals surface area contributed by atoms with Crippen molar-refractivity contribution in [3.63, 3.8) is 0 Å². The van der Waals surface area contributed by atoms with Gasteiger partial charge in [0.15, 0.2) is 0 Å². The largest absolute Gasteiger partial charge is 0.416 e. The van der Waals surface area contributed by atoms with Crippen LogP contribution in [0.5, 0.6) is 0 Å². The average molecular weight is 438 g/mol. The molecule has 2 aromatic heterocycles. The van der Waals surface area contributed by atoms with E-state index in [0.717, 1.165) is 41.1 Å². The molecule has 0 saturated carbocycles. The van der Waals surface area contributed by atoms with E-state index in [2.05, 4.69) is 32.0 Å². The van der Waals surface area contributed by atoms with Crippen LogP contribution in [0, 0.1) is 6.92 Å². The first-order valence-corrected chi connectivity index (χ1v) is 9.90. The molecule has 5 nitrogen and oxygen atoms in total. The number of fused-ring (bicyclic) bond motifs is 1. The highest BCUT2D eigenvalue weighted by Gasteiger charge is 2.31. The summed E-state index contributed by atoms with van der Waals surface area (Å²) in [5.41, 5.74) is 2.05. The van der Waals surface area contributed by atoms with E-state index in [1.54, 1.807) is 0 Å². The van der Waals surface area contributed by atoms with Gasteiger partial charge in [0.2, 0.25) is 5.13 Å². The summed E-state index contributed by atoms with van der Waals surface area (Å²) in [4.78, 5) is 4.57. The molecule has 4 aromatic rings. The maximum atomic E-state index is 12.9. The van der Waals surface area contributed by atoms with Crippen LogP contribution in [0.25, 0.3) is 21.6 Å². The summed E-state index contributed by atoms with van der Waals surface area (Å²) in [7, 11) is 0. The van der Waals surface area contributed by atoms with Crippen LogP contribution in [0.4, 0.5) is 24.0 Å². The molecule has 0 radical (unpaired) electrons. The second kappa shape index (κ2) is 7.31. The van der Waals surface area contributed by atoms with Crippen molar-refractivity contribution < 1.29 is 13.2 Å². The molecule has 0 fully saturated rings. The number of alkyl halides is 3. The average Bonchev–Trinajstić information content (AvgIpc) is 3.25. The van der Waals surface area contributed by atoms with Gasteiger partial charge in [-0.3, -0.25) is 0 Å². The molecule has 0 unspecified atom stereocenters. The molecule has 2 heterocycles. The molecule has 0 amide bonds. The fourth-order valence-electron chi connectivity index (χ4n) is 3.09. The van der Waals surface area contributed by atoms with Crippen LogP contribution in [0.1, 0.15) is 18.3 Å². The lowest BCUT2D eigenvalue weighted by Crippen LogP contribution is -2.05. The molecule has 0 aliphatic rings. The molecule has 10 heteroatoms. The standard InChI is InChI=1S/C19H15ClF3N5S/c1-3-28-10(2)24-15-8-11(4-7-16(15)28)17-26-27-18(29-17)25-14-9-12(19(21,22)23)5-6-13(14)20/h4-9H,3H2,1-2H3,(H,25,27). The fourth-order valence-corrected chi connectivity index (χ4v) is 4.00. The number of imidazole rings is 1. The normalized spacial score (nSPS) is 11.9. The summed E-state index contributed by atoms with van der Waals surface area (Å²) in [5, 5.41) is 12.1. The maximum absolute atomic E-state index is 12.9. The Morgan fingerprint density at radius 1 is 1.14 bits per heavy atom. The molecular formula is C19H15ClF3N5S. The number of rotatable bonds is 4. The zero-order valence-electron chi connectivity index (χ0n) is 15.4. The van der Waals surface area contributed by atoms with Crippen LogP contribution >= 0.6 is 22.9 Å². The van der Waals surface area contributed by atoms with Crippen molar-refractivity contribution in [1.82, 2.24) is 19.7 Å². The van der Waals surface area contributed by atoms with Crippen molar-refractivity contribution in [1.29, 1.82) is 0 Å². The molecule has 4 rings (SSSR count). The van der Waals surface area contributed by atoms with Crippen LogP contribution in [0.3, 0.4) is 0 Å². The van der Waals surface area contributed by atoms with E-state index in [9.17, 15) is 13.2 Å². The number of halogens is 4. The molecule has 0 aliphatic carbocycles. The first kappa shape index (κ1) is 19.7. The van der Waals surface area contributed by atoms with Gasteiger partial charge in [0.25, 0.3) is 0 Å². The molecule has 2 aromatic carbocycles. The molecule has 0 bridgehead atoms. The molecule has 29 heavy (non-hydrogen) atoms. The Morgan fingerprint density at radius 3 is 2.66 bits per heavy atom. The van der Waals surface area contributed by atoms with Gasteiger partial charge in [-0.15, -0.1) is 10.2 Å². The summed E-state index contributed by atoms with van der Waals surface area (Å²) >= 11 is 7.25. The highest BCUT2D eigenvalue weighted by molar-refractivity contribution is 7.18. The summed E-state index contributed by atoms with van der Waals surface area (Å²) in [5.74, 6) is 0.929. The summed E-state index contributed by atoms with van der Waals surface area (Å²) in [6.45, 7) is 4.84. The van der Waals surface area contributed by atoms with Crippen LogP contribution in [-0.4, -0.2) is 19.7 Å². The van der Waals surface area contributed by atoms with Crippen molar-refractivity contribution in [2.45, 2.75) is 26.6 Å². The number of hydrogen-bond donors (Lipinski definition) is 1. The Balaban J connectivity index is 1.63. The van der Waals surface area contributed by atoms with E-state index < -0.39 is 11.7 Å². The van der Waals surface area contributed by atoms with Crippen molar-refractivity contribution in [2.75, 3.05) is 5.32 Å². The maximum Gasteiger partial charge on any atom is 0.416 e. The minimum absolute atomic E-state index is 0.122. The summed E-state index contributed by atoms with van der Waals surface area (Å²) in [6.07, 6.45) is -4.46. The van der Waals surface area contributed by atoms with Gasteiger partial charge in [-0.2, -0.15) is 13.2 Å². The van der Waals surface area contributed by atoms with E-state index >= 15 is 0 Å². The molecular weight excluding hydrogens is 423 g/mol. The third-order valence-corrected chi connectivity index (χ3v) is 5.68. The second-order valence-corrected chi connectivity index (χ2v) is 7.72. The van der Waals surface area contributed by atoms with E-state index in [1.807, 2.05) is 25.1 Å². The fraction of sp³-hybridized carbons (Fsp3) is 0.211. The lowest BCUT2D eigenvalue weighted by atomic mass is 10.2. The van der Waals surface area contributed by atoms with Gasteiger partial charge >= 0.3 is 6.18 Å². The Morgan fingerprint density at radius 2 is 1.93 bits per heavy atom. The van der Waals surface area contributed by atoms with Crippen LogP contribution in [0.15, 0.2) is 36.4 Å². The van der Waals surface area contributed by atoms with Gasteiger partial charge in [0, 0.05) is 12.1 Å². The Bertz CT molecular complexity index is 1200. The minimum atomic E-state index is -4.46. The third kappa shape index (κ3) is 3.79. The smallest absolute Gasteiger partial charge is 0.329 e. The van der Waals surface area contributed by atoms with Gasteiger partial charge in [-0.05, 0) is 50.2 Å². The van der Waals surface area contributed by atoms with Crippen LogP contribution < -0.4 is 5.32 Å². The van der Waals surface area contributed by atoms with Gasteiger partial charge in [-0.25, -0.2) is 4.98 Å². The molecule has 0 atom stereocenters. The quantitative estimate of drug-likeness (QED) is 0.407. The first-order valence-electron chi connectivity index (χ1n) is 8.71.